The zero-order valence-corrected chi connectivity index (χ0v) is 12.0. The highest BCUT2D eigenvalue weighted by Crippen LogP contribution is 2.33. The van der Waals surface area contributed by atoms with E-state index >= 15 is 0 Å². The Labute approximate surface area is 114 Å². The van der Waals surface area contributed by atoms with Crippen molar-refractivity contribution in [2.24, 2.45) is 0 Å². The maximum atomic E-state index is 10.4. The average Bonchev–Trinajstić information content (AvgIpc) is 2.69. The van der Waals surface area contributed by atoms with Crippen LogP contribution in [-0.4, -0.2) is 14.9 Å². The minimum absolute atomic E-state index is 0.300. The molecule has 0 aliphatic heterocycles. The second-order valence-corrected chi connectivity index (χ2v) is 4.98. The van der Waals surface area contributed by atoms with E-state index in [-0.39, 0.29) is 0 Å². The second kappa shape index (κ2) is 5.91. The molecule has 19 heavy (non-hydrogen) atoms. The summed E-state index contributed by atoms with van der Waals surface area (Å²) in [5, 5.41) is 14.9. The fraction of sp³-hybridized carbons (Fsp3) is 0.438. The third-order valence-electron chi connectivity index (χ3n) is 3.26. The molecule has 1 aromatic carbocycles. The summed E-state index contributed by atoms with van der Waals surface area (Å²) in [5.74, 6) is 0.300. The Balaban J connectivity index is 2.49. The van der Waals surface area contributed by atoms with Crippen molar-refractivity contribution in [1.29, 1.82) is 0 Å². The van der Waals surface area contributed by atoms with Gasteiger partial charge in [0.25, 0.3) is 0 Å². The highest BCUT2D eigenvalue weighted by molar-refractivity contribution is 5.71. The van der Waals surface area contributed by atoms with E-state index in [4.69, 9.17) is 0 Å². The highest BCUT2D eigenvalue weighted by atomic mass is 16.3. The predicted octanol–water partition coefficient (Wildman–Crippen LogP) is 3.93. The van der Waals surface area contributed by atoms with E-state index in [1.54, 1.807) is 4.68 Å². The number of aromatic nitrogens is 2. The molecule has 0 bridgehead atoms. The van der Waals surface area contributed by atoms with Crippen molar-refractivity contribution in [3.8, 4) is 17.0 Å². The summed E-state index contributed by atoms with van der Waals surface area (Å²) in [6, 6.07) is 8.26. The highest BCUT2D eigenvalue weighted by Gasteiger charge is 2.17. The van der Waals surface area contributed by atoms with Crippen LogP contribution in [0.3, 0.4) is 0 Å². The Morgan fingerprint density at radius 1 is 1.11 bits per heavy atom. The summed E-state index contributed by atoms with van der Waals surface area (Å²) >= 11 is 0. The maximum Gasteiger partial charge on any atom is 0.217 e. The number of rotatable bonds is 5. The Morgan fingerprint density at radius 3 is 2.37 bits per heavy atom. The lowest BCUT2D eigenvalue weighted by molar-refractivity contribution is 0.398. The van der Waals surface area contributed by atoms with Crippen LogP contribution in [0.1, 0.15) is 37.9 Å². The van der Waals surface area contributed by atoms with Crippen LogP contribution < -0.4 is 0 Å². The van der Waals surface area contributed by atoms with E-state index in [0.29, 0.717) is 5.88 Å². The van der Waals surface area contributed by atoms with Crippen LogP contribution in [-0.2, 0) is 13.0 Å². The van der Waals surface area contributed by atoms with E-state index in [2.05, 4.69) is 50.1 Å². The number of benzene rings is 1. The lowest BCUT2D eigenvalue weighted by Crippen LogP contribution is -1.98. The molecule has 3 nitrogen and oxygen atoms in total. The minimum atomic E-state index is 0.300. The fourth-order valence-corrected chi connectivity index (χ4v) is 2.30. The van der Waals surface area contributed by atoms with Gasteiger partial charge in [-0.1, -0.05) is 50.1 Å². The first-order valence-corrected chi connectivity index (χ1v) is 7.03. The molecular formula is C16H22N2O. The van der Waals surface area contributed by atoms with Gasteiger partial charge in [-0.2, -0.15) is 5.10 Å². The van der Waals surface area contributed by atoms with Gasteiger partial charge in [0.05, 0.1) is 11.3 Å². The van der Waals surface area contributed by atoms with Crippen LogP contribution in [0.2, 0.25) is 0 Å². The SMILES string of the molecule is CCCc1nn(CCC)c(O)c1-c1ccc(C)cc1. The third kappa shape index (κ3) is 2.80. The van der Waals surface area contributed by atoms with Gasteiger partial charge in [-0.25, -0.2) is 4.68 Å². The quantitative estimate of drug-likeness (QED) is 0.882. The van der Waals surface area contributed by atoms with Crippen LogP contribution >= 0.6 is 0 Å². The lowest BCUT2D eigenvalue weighted by atomic mass is 10.0. The Morgan fingerprint density at radius 2 is 1.79 bits per heavy atom. The number of aryl methyl sites for hydroxylation is 3. The van der Waals surface area contributed by atoms with Crippen LogP contribution in [0.4, 0.5) is 0 Å². The molecule has 0 saturated carbocycles. The number of hydrogen-bond acceptors (Lipinski definition) is 2. The smallest absolute Gasteiger partial charge is 0.217 e. The molecule has 0 aliphatic carbocycles. The van der Waals surface area contributed by atoms with E-state index in [9.17, 15) is 5.11 Å². The molecule has 0 spiro atoms. The van der Waals surface area contributed by atoms with Crippen molar-refractivity contribution >= 4 is 0 Å². The Kier molecular flexibility index (Phi) is 4.25. The van der Waals surface area contributed by atoms with Gasteiger partial charge >= 0.3 is 0 Å². The zero-order chi connectivity index (χ0) is 13.8. The molecule has 1 N–H and O–H groups in total. The van der Waals surface area contributed by atoms with Gasteiger partial charge in [0.2, 0.25) is 5.88 Å². The maximum absolute atomic E-state index is 10.4. The van der Waals surface area contributed by atoms with Crippen molar-refractivity contribution in [3.63, 3.8) is 0 Å². The molecule has 1 heterocycles. The first-order valence-electron chi connectivity index (χ1n) is 7.03. The molecule has 1 aromatic heterocycles. The second-order valence-electron chi connectivity index (χ2n) is 4.98. The van der Waals surface area contributed by atoms with Gasteiger partial charge in [-0.15, -0.1) is 0 Å². The van der Waals surface area contributed by atoms with Crippen LogP contribution in [0.15, 0.2) is 24.3 Å². The normalized spacial score (nSPS) is 10.9. The first-order chi connectivity index (χ1) is 9.17. The standard InChI is InChI=1S/C16H22N2O/c1-4-6-14-15(13-9-7-12(3)8-10-13)16(19)18(17-14)11-5-2/h7-10,19H,4-6,11H2,1-3H3. The molecule has 0 atom stereocenters. The van der Waals surface area contributed by atoms with Gasteiger partial charge in [-0.05, 0) is 25.3 Å². The molecule has 2 rings (SSSR count). The minimum Gasteiger partial charge on any atom is -0.493 e. The number of hydrogen-bond donors (Lipinski definition) is 1. The summed E-state index contributed by atoms with van der Waals surface area (Å²) in [7, 11) is 0. The molecule has 0 radical (unpaired) electrons. The summed E-state index contributed by atoms with van der Waals surface area (Å²) in [5.41, 5.74) is 4.17. The summed E-state index contributed by atoms with van der Waals surface area (Å²) in [6.45, 7) is 7.05. The molecule has 3 heteroatoms. The molecule has 0 saturated heterocycles. The Hall–Kier alpha value is -1.77. The number of aromatic hydroxyl groups is 1. The molecule has 0 fully saturated rings. The average molecular weight is 258 g/mol. The first kappa shape index (κ1) is 13.7. The van der Waals surface area contributed by atoms with Gasteiger partial charge in [0.1, 0.15) is 0 Å². The van der Waals surface area contributed by atoms with E-state index in [0.717, 1.165) is 42.6 Å². The van der Waals surface area contributed by atoms with Crippen molar-refractivity contribution < 1.29 is 5.11 Å². The number of nitrogens with zero attached hydrogens (tertiary/aromatic N) is 2. The molecule has 2 aromatic rings. The zero-order valence-electron chi connectivity index (χ0n) is 12.0. The van der Waals surface area contributed by atoms with E-state index in [1.807, 2.05) is 0 Å². The summed E-state index contributed by atoms with van der Waals surface area (Å²) < 4.78 is 1.72. The predicted molar refractivity (Wildman–Crippen MR) is 78.4 cm³/mol. The van der Waals surface area contributed by atoms with Crippen LogP contribution in [0, 0.1) is 6.92 Å². The van der Waals surface area contributed by atoms with Crippen molar-refractivity contribution in [2.45, 2.75) is 46.6 Å². The van der Waals surface area contributed by atoms with Crippen LogP contribution in [0.25, 0.3) is 11.1 Å². The summed E-state index contributed by atoms with van der Waals surface area (Å²) in [4.78, 5) is 0. The van der Waals surface area contributed by atoms with Gasteiger partial charge < -0.3 is 5.11 Å². The van der Waals surface area contributed by atoms with Crippen LogP contribution in [0.5, 0.6) is 5.88 Å². The van der Waals surface area contributed by atoms with Crippen molar-refractivity contribution in [3.05, 3.63) is 35.5 Å². The van der Waals surface area contributed by atoms with Gasteiger partial charge in [0.15, 0.2) is 0 Å². The topological polar surface area (TPSA) is 38.0 Å². The molecule has 0 unspecified atom stereocenters. The molecule has 102 valence electrons. The molecule has 0 aliphatic rings. The molecular weight excluding hydrogens is 236 g/mol. The van der Waals surface area contributed by atoms with Crippen molar-refractivity contribution in [1.82, 2.24) is 9.78 Å². The van der Waals surface area contributed by atoms with E-state index in [1.165, 1.54) is 5.56 Å². The fourth-order valence-electron chi connectivity index (χ4n) is 2.30. The van der Waals surface area contributed by atoms with E-state index < -0.39 is 0 Å². The lowest BCUT2D eigenvalue weighted by Gasteiger charge is -2.04. The largest absolute Gasteiger partial charge is 0.493 e. The van der Waals surface area contributed by atoms with Crippen molar-refractivity contribution in [2.75, 3.05) is 0 Å². The monoisotopic (exact) mass is 258 g/mol. The summed E-state index contributed by atoms with van der Waals surface area (Å²) in [6.07, 6.45) is 2.89. The third-order valence-corrected chi connectivity index (χ3v) is 3.26. The van der Waals surface area contributed by atoms with Gasteiger partial charge in [0, 0.05) is 6.54 Å². The molecule has 0 amide bonds. The Bertz CT molecular complexity index is 541. The van der Waals surface area contributed by atoms with Gasteiger partial charge in [-0.3, -0.25) is 0 Å².